The largest absolute Gasteiger partial charge is 1.00 e. The van der Waals surface area contributed by atoms with Gasteiger partial charge in [-0.15, -0.1) is 0 Å². The third-order valence-electron chi connectivity index (χ3n) is 3.03. The van der Waals surface area contributed by atoms with Crippen LogP contribution in [0.15, 0.2) is 42.2 Å². The predicted molar refractivity (Wildman–Crippen MR) is 76.9 cm³/mol. The molecule has 0 unspecified atom stereocenters. The first-order chi connectivity index (χ1) is 8.97. The molecule has 0 aliphatic carbocycles. The molecule has 5 heteroatoms. The Labute approximate surface area is 126 Å². The molecule has 0 fully saturated rings. The normalized spacial score (nSPS) is 11.7. The van der Waals surface area contributed by atoms with Crippen LogP contribution < -0.4 is 16.9 Å². The van der Waals surface area contributed by atoms with Gasteiger partial charge in [0.15, 0.2) is 5.76 Å². The minimum atomic E-state index is -0.660. The van der Waals surface area contributed by atoms with Gasteiger partial charge in [0.1, 0.15) is 5.69 Å². The maximum absolute atomic E-state index is 11.2. The average Bonchev–Trinajstić information content (AvgIpc) is 2.43. The van der Waals surface area contributed by atoms with Gasteiger partial charge in [-0.2, -0.15) is 0 Å². The third-order valence-corrected chi connectivity index (χ3v) is 3.03. The van der Waals surface area contributed by atoms with Gasteiger partial charge in [0.05, 0.1) is 27.2 Å². The molecule has 4 nitrogen and oxygen atoms in total. The first-order valence-corrected chi connectivity index (χ1v) is 6.38. The number of hydrogen-bond donors (Lipinski definition) is 1. The van der Waals surface area contributed by atoms with E-state index in [0.29, 0.717) is 6.61 Å². The van der Waals surface area contributed by atoms with Crippen LogP contribution in [0.1, 0.15) is 13.3 Å². The van der Waals surface area contributed by atoms with Crippen LogP contribution in [-0.4, -0.2) is 38.3 Å². The Hall–Kier alpha value is -1.52. The maximum Gasteiger partial charge on any atom is 0.373 e. The summed E-state index contributed by atoms with van der Waals surface area (Å²) in [5.41, 5.74) is 1.21. The van der Waals surface area contributed by atoms with E-state index in [9.17, 15) is 4.79 Å². The Morgan fingerprint density at radius 2 is 1.90 bits per heavy atom. The summed E-state index contributed by atoms with van der Waals surface area (Å²) in [7, 11) is 4.22. The van der Waals surface area contributed by atoms with Crippen LogP contribution in [0.2, 0.25) is 0 Å². The van der Waals surface area contributed by atoms with Crippen molar-refractivity contribution in [3.05, 3.63) is 42.2 Å². The van der Waals surface area contributed by atoms with E-state index in [1.165, 1.54) is 11.8 Å². The zero-order chi connectivity index (χ0) is 14.3. The zero-order valence-corrected chi connectivity index (χ0v) is 12.9. The molecule has 0 saturated carbocycles. The van der Waals surface area contributed by atoms with E-state index in [4.69, 9.17) is 9.84 Å². The second kappa shape index (κ2) is 8.61. The second-order valence-corrected chi connectivity index (χ2v) is 4.91. The highest BCUT2D eigenvalue weighted by atomic mass is 35.5. The van der Waals surface area contributed by atoms with E-state index >= 15 is 0 Å². The lowest BCUT2D eigenvalue weighted by molar-refractivity contribution is -0.142. The number of rotatable bonds is 6. The van der Waals surface area contributed by atoms with Crippen molar-refractivity contribution in [2.45, 2.75) is 13.3 Å². The number of aliphatic hydroxyl groups is 1. The summed E-state index contributed by atoms with van der Waals surface area (Å²) < 4.78 is 5.69. The van der Waals surface area contributed by atoms with Gasteiger partial charge >= 0.3 is 5.97 Å². The lowest BCUT2D eigenvalue weighted by atomic mass is 10.2. The minimum absolute atomic E-state index is 0. The standard InChI is InChI=1S/C15H21NO3.ClH/c1-4-14(17)15(18)19-12-8-11-16(2,3)13-9-6-5-7-10-13;/h4-7,9-10H,8,11-12H2,1-3H3;1H. The van der Waals surface area contributed by atoms with Gasteiger partial charge in [-0.3, -0.25) is 4.48 Å². The number of nitrogens with zero attached hydrogens (tertiary/aromatic N) is 1. The molecule has 0 aromatic heterocycles. The van der Waals surface area contributed by atoms with Gasteiger partial charge < -0.3 is 22.3 Å². The Morgan fingerprint density at radius 3 is 2.45 bits per heavy atom. The molecule has 0 bridgehead atoms. The zero-order valence-electron chi connectivity index (χ0n) is 12.2. The van der Waals surface area contributed by atoms with Gasteiger partial charge in [-0.25, -0.2) is 4.79 Å². The van der Waals surface area contributed by atoms with E-state index in [1.54, 1.807) is 6.92 Å². The first-order valence-electron chi connectivity index (χ1n) is 6.38. The van der Waals surface area contributed by atoms with Crippen LogP contribution in [-0.2, 0) is 9.53 Å². The van der Waals surface area contributed by atoms with E-state index in [1.807, 2.05) is 18.2 Å². The summed E-state index contributed by atoms with van der Waals surface area (Å²) in [4.78, 5) is 11.2. The molecule has 0 radical (unpaired) electrons. The van der Waals surface area contributed by atoms with E-state index in [-0.39, 0.29) is 18.2 Å². The average molecular weight is 300 g/mol. The maximum atomic E-state index is 11.2. The number of halogens is 1. The highest BCUT2D eigenvalue weighted by molar-refractivity contribution is 5.85. The molecule has 0 heterocycles. The SMILES string of the molecule is CC=C(O)C(=O)OCCC[N+](C)(C)c1ccccc1.[Cl-]. The Morgan fingerprint density at radius 1 is 1.30 bits per heavy atom. The Bertz CT molecular complexity index is 444. The predicted octanol–water partition coefficient (Wildman–Crippen LogP) is -0.347. The summed E-state index contributed by atoms with van der Waals surface area (Å²) in [6, 6.07) is 10.2. The molecular weight excluding hydrogens is 278 g/mol. The lowest BCUT2D eigenvalue weighted by Crippen LogP contribution is -3.00. The first kappa shape index (κ1) is 18.5. The fourth-order valence-electron chi connectivity index (χ4n) is 1.78. The van der Waals surface area contributed by atoms with Crippen LogP contribution in [0.25, 0.3) is 0 Å². The quantitative estimate of drug-likeness (QED) is 0.257. The van der Waals surface area contributed by atoms with Crippen molar-refractivity contribution in [1.82, 2.24) is 4.48 Å². The Balaban J connectivity index is 0.00000361. The van der Waals surface area contributed by atoms with Crippen molar-refractivity contribution < 1.29 is 27.0 Å². The molecule has 1 aromatic carbocycles. The van der Waals surface area contributed by atoms with Gasteiger partial charge in [0, 0.05) is 6.42 Å². The molecular formula is C15H22ClNO3. The number of carbonyl (C=O) groups is 1. The van der Waals surface area contributed by atoms with Crippen LogP contribution in [0.4, 0.5) is 5.69 Å². The van der Waals surface area contributed by atoms with E-state index < -0.39 is 5.97 Å². The molecule has 0 amide bonds. The molecule has 1 aromatic rings. The molecule has 1 N–H and O–H groups in total. The molecule has 20 heavy (non-hydrogen) atoms. The van der Waals surface area contributed by atoms with Gasteiger partial charge in [-0.1, -0.05) is 18.2 Å². The lowest BCUT2D eigenvalue weighted by Gasteiger charge is -2.29. The van der Waals surface area contributed by atoms with Crippen molar-refractivity contribution in [3.8, 4) is 0 Å². The number of aliphatic hydroxyl groups excluding tert-OH is 1. The summed E-state index contributed by atoms with van der Waals surface area (Å²) in [5.74, 6) is -0.996. The number of benzene rings is 1. The van der Waals surface area contributed by atoms with Gasteiger partial charge in [0.25, 0.3) is 0 Å². The molecule has 1 rings (SSSR count). The van der Waals surface area contributed by atoms with Gasteiger partial charge in [-0.05, 0) is 25.1 Å². The Kier molecular flexibility index (Phi) is 7.96. The number of allylic oxidation sites excluding steroid dienone is 1. The summed E-state index contributed by atoms with van der Waals surface area (Å²) in [6.07, 6.45) is 2.07. The van der Waals surface area contributed by atoms with Crippen molar-refractivity contribution >= 4 is 11.7 Å². The number of ether oxygens (including phenoxy) is 1. The topological polar surface area (TPSA) is 46.5 Å². The fourth-order valence-corrected chi connectivity index (χ4v) is 1.78. The van der Waals surface area contributed by atoms with Gasteiger partial charge in [0.2, 0.25) is 0 Å². The molecule has 0 aliphatic rings. The second-order valence-electron chi connectivity index (χ2n) is 4.91. The highest BCUT2D eigenvalue weighted by Crippen LogP contribution is 2.18. The summed E-state index contributed by atoms with van der Waals surface area (Å²) >= 11 is 0. The molecule has 0 spiro atoms. The minimum Gasteiger partial charge on any atom is -1.00 e. The number of esters is 1. The van der Waals surface area contributed by atoms with Crippen molar-refractivity contribution in [1.29, 1.82) is 0 Å². The number of quaternary nitrogens is 1. The molecule has 112 valence electrons. The van der Waals surface area contributed by atoms with E-state index in [0.717, 1.165) is 17.4 Å². The van der Waals surface area contributed by atoms with Crippen molar-refractivity contribution in [3.63, 3.8) is 0 Å². The van der Waals surface area contributed by atoms with Crippen LogP contribution in [0, 0.1) is 0 Å². The smallest absolute Gasteiger partial charge is 0.373 e. The molecule has 0 aliphatic heterocycles. The van der Waals surface area contributed by atoms with Crippen LogP contribution >= 0.6 is 0 Å². The fraction of sp³-hybridized carbons (Fsp3) is 0.400. The monoisotopic (exact) mass is 299 g/mol. The number of para-hydroxylation sites is 1. The van der Waals surface area contributed by atoms with Crippen LogP contribution in [0.5, 0.6) is 0 Å². The number of carbonyl (C=O) groups excluding carboxylic acids is 1. The van der Waals surface area contributed by atoms with Crippen molar-refractivity contribution in [2.75, 3.05) is 27.2 Å². The van der Waals surface area contributed by atoms with E-state index in [2.05, 4.69) is 26.2 Å². The summed E-state index contributed by atoms with van der Waals surface area (Å²) in [6.45, 7) is 2.76. The molecule has 0 atom stereocenters. The number of hydrogen-bond acceptors (Lipinski definition) is 3. The van der Waals surface area contributed by atoms with Crippen LogP contribution in [0.3, 0.4) is 0 Å². The van der Waals surface area contributed by atoms with Crippen molar-refractivity contribution in [2.24, 2.45) is 0 Å². The highest BCUT2D eigenvalue weighted by Gasteiger charge is 2.18. The molecule has 0 saturated heterocycles. The third kappa shape index (κ3) is 5.63. The summed E-state index contributed by atoms with van der Waals surface area (Å²) in [5, 5.41) is 9.15.